The summed E-state index contributed by atoms with van der Waals surface area (Å²) in [5.41, 5.74) is 1.77. The second kappa shape index (κ2) is 4.85. The lowest BCUT2D eigenvalue weighted by atomic mass is 10.2. The van der Waals surface area contributed by atoms with Crippen LogP contribution in [0.4, 0.5) is 0 Å². The van der Waals surface area contributed by atoms with Crippen LogP contribution in [0.2, 0.25) is 0 Å². The molecule has 7 heteroatoms. The maximum absolute atomic E-state index is 11.7. The molecule has 18 heavy (non-hydrogen) atoms. The molecule has 0 bridgehead atoms. The van der Waals surface area contributed by atoms with Crippen molar-refractivity contribution in [3.8, 4) is 0 Å². The molecule has 2 heterocycles. The van der Waals surface area contributed by atoms with E-state index in [1.54, 1.807) is 6.20 Å². The number of hydrogen-bond donors (Lipinski definition) is 0. The minimum absolute atomic E-state index is 0.0440. The number of aryl methyl sites for hydroxylation is 1. The maximum atomic E-state index is 11.7. The third-order valence-corrected chi connectivity index (χ3v) is 4.77. The molecule has 2 rings (SSSR count). The summed E-state index contributed by atoms with van der Waals surface area (Å²) in [6.07, 6.45) is 1.67. The van der Waals surface area contributed by atoms with Gasteiger partial charge in [0.1, 0.15) is 5.25 Å². The molecular weight excluding hydrogens is 276 g/mol. The van der Waals surface area contributed by atoms with Gasteiger partial charge in [0.2, 0.25) is 15.0 Å². The Kier molecular flexibility index (Phi) is 3.59. The molecule has 1 fully saturated rings. The van der Waals surface area contributed by atoms with Crippen molar-refractivity contribution in [2.75, 3.05) is 6.54 Å². The van der Waals surface area contributed by atoms with Crippen LogP contribution in [0.1, 0.15) is 17.7 Å². The molecule has 1 unspecified atom stereocenters. The van der Waals surface area contributed by atoms with Crippen molar-refractivity contribution in [1.82, 2.24) is 9.88 Å². The zero-order chi connectivity index (χ0) is 13.3. The Morgan fingerprint density at radius 3 is 2.72 bits per heavy atom. The minimum Gasteiger partial charge on any atom is -0.335 e. The van der Waals surface area contributed by atoms with Crippen LogP contribution in [-0.4, -0.2) is 36.0 Å². The van der Waals surface area contributed by atoms with Gasteiger partial charge in [-0.15, -0.1) is 0 Å². The number of halogens is 1. The van der Waals surface area contributed by atoms with Gasteiger partial charge in [0.15, 0.2) is 0 Å². The van der Waals surface area contributed by atoms with Crippen LogP contribution in [-0.2, 0) is 20.4 Å². The van der Waals surface area contributed by atoms with Crippen molar-refractivity contribution in [3.05, 3.63) is 29.6 Å². The van der Waals surface area contributed by atoms with Gasteiger partial charge < -0.3 is 4.90 Å². The minimum atomic E-state index is -3.68. The van der Waals surface area contributed by atoms with E-state index in [1.165, 1.54) is 4.90 Å². The summed E-state index contributed by atoms with van der Waals surface area (Å²) in [7, 11) is 1.59. The highest BCUT2D eigenvalue weighted by Gasteiger charge is 2.37. The van der Waals surface area contributed by atoms with E-state index >= 15 is 0 Å². The van der Waals surface area contributed by atoms with Crippen molar-refractivity contribution in [3.63, 3.8) is 0 Å². The number of pyridine rings is 1. The molecule has 1 aromatic rings. The highest BCUT2D eigenvalue weighted by Crippen LogP contribution is 2.22. The number of rotatable bonds is 3. The predicted molar refractivity (Wildman–Crippen MR) is 67.6 cm³/mol. The molecule has 1 aromatic heterocycles. The maximum Gasteiger partial charge on any atom is 0.237 e. The summed E-state index contributed by atoms with van der Waals surface area (Å²) in [5.74, 6) is -0.202. The molecule has 0 spiro atoms. The Labute approximate surface area is 110 Å². The molecule has 1 aliphatic rings. The first-order valence-electron chi connectivity index (χ1n) is 5.49. The van der Waals surface area contributed by atoms with Crippen LogP contribution >= 0.6 is 10.7 Å². The molecule has 1 aliphatic heterocycles. The quantitative estimate of drug-likeness (QED) is 0.780. The van der Waals surface area contributed by atoms with Gasteiger partial charge >= 0.3 is 0 Å². The molecule has 98 valence electrons. The number of nitrogens with zero attached hydrogens (tertiary/aromatic N) is 2. The monoisotopic (exact) mass is 288 g/mol. The number of carbonyl (C=O) groups is 1. The first kappa shape index (κ1) is 13.3. The fraction of sp³-hybridized carbons (Fsp3) is 0.455. The standard InChI is InChI=1S/C11H13ClN2O3S/c1-8-2-3-9(13-5-8)6-14-7-10(4-11(14)15)18(12,16)17/h2-3,5,10H,4,6-7H2,1H3. The highest BCUT2D eigenvalue weighted by atomic mass is 35.7. The number of likely N-dealkylation sites (tertiary alicyclic amines) is 1. The van der Waals surface area contributed by atoms with Gasteiger partial charge in [-0.05, 0) is 18.6 Å². The SMILES string of the molecule is Cc1ccc(CN2CC(S(=O)(=O)Cl)CC2=O)nc1. The summed E-state index contributed by atoms with van der Waals surface area (Å²) >= 11 is 0. The molecule has 0 radical (unpaired) electrons. The Hall–Kier alpha value is -1.14. The van der Waals surface area contributed by atoms with Gasteiger partial charge in [0, 0.05) is 29.8 Å². The average Bonchev–Trinajstić information content (AvgIpc) is 2.63. The summed E-state index contributed by atoms with van der Waals surface area (Å²) < 4.78 is 22.4. The highest BCUT2D eigenvalue weighted by molar-refractivity contribution is 8.14. The van der Waals surface area contributed by atoms with Crippen LogP contribution in [0.25, 0.3) is 0 Å². The first-order chi connectivity index (χ1) is 8.36. The van der Waals surface area contributed by atoms with Gasteiger partial charge in [0.05, 0.1) is 12.2 Å². The third-order valence-electron chi connectivity index (χ3n) is 2.90. The van der Waals surface area contributed by atoms with Gasteiger partial charge in [-0.1, -0.05) is 6.07 Å². The van der Waals surface area contributed by atoms with E-state index in [1.807, 2.05) is 19.1 Å². The summed E-state index contributed by atoms with van der Waals surface area (Å²) in [6.45, 7) is 2.39. The molecule has 0 aromatic carbocycles. The Morgan fingerprint density at radius 2 is 2.22 bits per heavy atom. The van der Waals surface area contributed by atoms with E-state index in [-0.39, 0.29) is 18.9 Å². The normalized spacial score (nSPS) is 20.4. The second-order valence-electron chi connectivity index (χ2n) is 4.40. The molecule has 1 amide bonds. The van der Waals surface area contributed by atoms with Crippen molar-refractivity contribution in [1.29, 1.82) is 0 Å². The molecule has 0 N–H and O–H groups in total. The smallest absolute Gasteiger partial charge is 0.237 e. The van der Waals surface area contributed by atoms with Crippen LogP contribution in [0.3, 0.4) is 0 Å². The number of aromatic nitrogens is 1. The van der Waals surface area contributed by atoms with Crippen LogP contribution in [0, 0.1) is 6.92 Å². The zero-order valence-corrected chi connectivity index (χ0v) is 11.4. The zero-order valence-electron chi connectivity index (χ0n) is 9.84. The van der Waals surface area contributed by atoms with Crippen LogP contribution in [0.15, 0.2) is 18.3 Å². The lowest BCUT2D eigenvalue weighted by Gasteiger charge is -2.15. The average molecular weight is 289 g/mol. The fourth-order valence-corrected chi connectivity index (χ4v) is 2.92. The fourth-order valence-electron chi connectivity index (χ4n) is 1.86. The van der Waals surface area contributed by atoms with E-state index in [4.69, 9.17) is 10.7 Å². The van der Waals surface area contributed by atoms with Crippen molar-refractivity contribution in [2.45, 2.75) is 25.1 Å². The van der Waals surface area contributed by atoms with E-state index in [2.05, 4.69) is 4.98 Å². The predicted octanol–water partition coefficient (Wildman–Crippen LogP) is 1.06. The lowest BCUT2D eigenvalue weighted by Crippen LogP contribution is -2.27. The summed E-state index contributed by atoms with van der Waals surface area (Å²) in [4.78, 5) is 17.3. The van der Waals surface area contributed by atoms with Gasteiger partial charge in [-0.3, -0.25) is 9.78 Å². The Bertz CT molecular complexity index is 556. The molecule has 1 saturated heterocycles. The largest absolute Gasteiger partial charge is 0.335 e. The number of amides is 1. The van der Waals surface area contributed by atoms with Crippen molar-refractivity contribution >= 4 is 25.6 Å². The topological polar surface area (TPSA) is 67.3 Å². The number of hydrogen-bond acceptors (Lipinski definition) is 4. The summed E-state index contributed by atoms with van der Waals surface area (Å²) in [5, 5.41) is -0.808. The van der Waals surface area contributed by atoms with Gasteiger partial charge in [-0.2, -0.15) is 0 Å². The van der Waals surface area contributed by atoms with E-state index in [0.29, 0.717) is 6.54 Å². The van der Waals surface area contributed by atoms with Crippen molar-refractivity contribution < 1.29 is 13.2 Å². The molecular formula is C11H13ClN2O3S. The van der Waals surface area contributed by atoms with E-state index < -0.39 is 14.3 Å². The molecule has 5 nitrogen and oxygen atoms in total. The number of carbonyl (C=O) groups excluding carboxylic acids is 1. The third kappa shape index (κ3) is 3.00. The summed E-state index contributed by atoms with van der Waals surface area (Å²) in [6, 6.07) is 3.73. The van der Waals surface area contributed by atoms with Gasteiger partial charge in [0.25, 0.3) is 0 Å². The van der Waals surface area contributed by atoms with Gasteiger partial charge in [-0.25, -0.2) is 8.42 Å². The Balaban J connectivity index is 2.07. The van der Waals surface area contributed by atoms with Crippen LogP contribution in [0.5, 0.6) is 0 Å². The first-order valence-corrected chi connectivity index (χ1v) is 7.86. The second-order valence-corrected chi connectivity index (χ2v) is 7.31. The molecule has 0 aliphatic carbocycles. The van der Waals surface area contributed by atoms with E-state index in [9.17, 15) is 13.2 Å². The Morgan fingerprint density at radius 1 is 1.50 bits per heavy atom. The molecule has 0 saturated carbocycles. The lowest BCUT2D eigenvalue weighted by molar-refractivity contribution is -0.128. The molecule has 1 atom stereocenters. The van der Waals surface area contributed by atoms with Crippen LogP contribution < -0.4 is 0 Å². The van der Waals surface area contributed by atoms with Crippen molar-refractivity contribution in [2.24, 2.45) is 0 Å². The van der Waals surface area contributed by atoms with E-state index in [0.717, 1.165) is 11.3 Å².